The van der Waals surface area contributed by atoms with E-state index in [4.69, 9.17) is 20.9 Å². The van der Waals surface area contributed by atoms with Gasteiger partial charge in [-0.15, -0.1) is 0 Å². The van der Waals surface area contributed by atoms with Crippen LogP contribution in [-0.4, -0.2) is 46.3 Å². The van der Waals surface area contributed by atoms with Crippen molar-refractivity contribution >= 4 is 23.3 Å². The number of halogens is 2. The molecule has 3 saturated heterocycles. The molecule has 0 saturated carbocycles. The number of quaternary nitrogens is 1. The van der Waals surface area contributed by atoms with E-state index in [1.165, 1.54) is 0 Å². The number of esters is 1. The number of carbonyl (C=O) groups is 1. The number of ether oxygens (including phenoxy) is 1. The maximum Gasteiger partial charge on any atom is 0.333 e. The van der Waals surface area contributed by atoms with Gasteiger partial charge in [-0.3, -0.25) is 0 Å². The first-order chi connectivity index (χ1) is 18.6. The van der Waals surface area contributed by atoms with Crippen LogP contribution in [0, 0.1) is 5.92 Å². The summed E-state index contributed by atoms with van der Waals surface area (Å²) in [5, 5.41) is 8.27. The van der Waals surface area contributed by atoms with Crippen LogP contribution in [0.15, 0.2) is 89.5 Å². The topological polar surface area (TPSA) is 77.2 Å². The van der Waals surface area contributed by atoms with Crippen molar-refractivity contribution in [3.8, 4) is 11.5 Å². The smallest absolute Gasteiger partial charge is 0.333 e. The minimum atomic E-state index is -0.619. The largest absolute Gasteiger partial charge is 1.00 e. The second-order valence-corrected chi connectivity index (χ2v) is 10.8. The zero-order valence-electron chi connectivity index (χ0n) is 21.4. The zero-order valence-corrected chi connectivity index (χ0v) is 22.9. The number of hydrogen-bond donors (Lipinski definition) is 1. The van der Waals surface area contributed by atoms with Crippen molar-refractivity contribution in [2.75, 3.05) is 25.0 Å². The van der Waals surface area contributed by atoms with Gasteiger partial charge in [-0.1, -0.05) is 65.3 Å². The van der Waals surface area contributed by atoms with Gasteiger partial charge in [0.2, 0.25) is 5.82 Å². The summed E-state index contributed by atoms with van der Waals surface area (Å²) in [5.41, 5.74) is 2.58. The lowest BCUT2D eigenvalue weighted by atomic mass is 9.83. The minimum absolute atomic E-state index is 0. The molecule has 0 aliphatic carbocycles. The Morgan fingerprint density at radius 1 is 1.00 bits per heavy atom. The molecule has 1 N–H and O–H groups in total. The molecule has 1 aromatic heterocycles. The molecule has 9 heteroatoms. The van der Waals surface area contributed by atoms with Crippen molar-refractivity contribution in [3.63, 3.8) is 0 Å². The molecule has 4 heterocycles. The molecule has 1 unspecified atom stereocenters. The summed E-state index contributed by atoms with van der Waals surface area (Å²) in [5.74, 6) is 1.33. The van der Waals surface area contributed by atoms with E-state index >= 15 is 0 Å². The summed E-state index contributed by atoms with van der Waals surface area (Å²) >= 11 is 6.06. The maximum absolute atomic E-state index is 13.6. The van der Waals surface area contributed by atoms with Gasteiger partial charge in [0.1, 0.15) is 13.1 Å². The lowest BCUT2D eigenvalue weighted by molar-refractivity contribution is -0.958. The highest BCUT2D eigenvalue weighted by molar-refractivity contribution is 6.30. The number of nitrogens with zero attached hydrogens (tertiary/aromatic N) is 3. The van der Waals surface area contributed by atoms with Crippen LogP contribution in [0.25, 0.3) is 11.5 Å². The molecule has 3 aromatic carbocycles. The SMILES string of the molecule is O=C(O[C@H]1C[N+]2(Cc3noc(-c4ccccc4)n3)CCC1CC2)C(Nc1ccc(Cl)cc1)c1ccccc1.[Cl-]. The van der Waals surface area contributed by atoms with Gasteiger partial charge in [-0.05, 0) is 42.0 Å². The van der Waals surface area contributed by atoms with Gasteiger partial charge in [0.05, 0.1) is 13.1 Å². The summed E-state index contributed by atoms with van der Waals surface area (Å²) in [4.78, 5) is 18.3. The van der Waals surface area contributed by atoms with E-state index in [2.05, 4.69) is 15.5 Å². The highest BCUT2D eigenvalue weighted by atomic mass is 35.5. The standard InChI is InChI=1S/C30H30ClN4O3.ClH/c31-24-11-13-25(14-12-24)32-28(22-7-3-1-4-8-22)30(36)37-26-19-35(17-15-21(26)16-18-35)20-27-33-29(38-34-27)23-9-5-2-6-10-23;/h1-14,21,26,28,32H,15-20H2;1H/q+1;/p-1/t21?,26-,28?,35?;/m0./s1. The second-order valence-electron chi connectivity index (χ2n) is 10.3. The maximum atomic E-state index is 13.6. The monoisotopic (exact) mass is 564 g/mol. The number of hydrogen-bond acceptors (Lipinski definition) is 6. The van der Waals surface area contributed by atoms with Gasteiger partial charge in [0.15, 0.2) is 12.1 Å². The van der Waals surface area contributed by atoms with Gasteiger partial charge in [-0.2, -0.15) is 4.98 Å². The summed E-state index contributed by atoms with van der Waals surface area (Å²) in [6.45, 7) is 3.48. The Kier molecular flexibility index (Phi) is 8.21. The molecule has 39 heavy (non-hydrogen) atoms. The molecule has 0 amide bonds. The molecule has 3 aliphatic heterocycles. The Morgan fingerprint density at radius 2 is 1.67 bits per heavy atom. The van der Waals surface area contributed by atoms with Gasteiger partial charge < -0.3 is 31.5 Å². The van der Waals surface area contributed by atoms with Crippen molar-refractivity contribution in [1.82, 2.24) is 10.1 Å². The van der Waals surface area contributed by atoms with Gasteiger partial charge in [-0.25, -0.2) is 4.79 Å². The third-order valence-electron chi connectivity index (χ3n) is 7.80. The molecule has 0 radical (unpaired) electrons. The Bertz CT molecular complexity index is 1370. The predicted octanol–water partition coefficient (Wildman–Crippen LogP) is 2.90. The summed E-state index contributed by atoms with van der Waals surface area (Å²) in [6.07, 6.45) is 1.88. The average Bonchev–Trinajstić information content (AvgIpc) is 3.42. The van der Waals surface area contributed by atoms with Crippen LogP contribution < -0.4 is 17.7 Å². The van der Waals surface area contributed by atoms with E-state index in [0.29, 0.717) is 29.2 Å². The van der Waals surface area contributed by atoms with E-state index in [0.717, 1.165) is 53.8 Å². The first-order valence-corrected chi connectivity index (χ1v) is 13.5. The molecule has 7 nitrogen and oxygen atoms in total. The van der Waals surface area contributed by atoms with Gasteiger partial charge in [0.25, 0.3) is 5.89 Å². The van der Waals surface area contributed by atoms with Crippen LogP contribution in [0.3, 0.4) is 0 Å². The molecular weight excluding hydrogens is 535 g/mol. The normalized spacial score (nSPS) is 22.5. The summed E-state index contributed by atoms with van der Waals surface area (Å²) in [6, 6.07) is 26.2. The first-order valence-electron chi connectivity index (χ1n) is 13.1. The second kappa shape index (κ2) is 11.8. The van der Waals surface area contributed by atoms with E-state index in [-0.39, 0.29) is 24.5 Å². The number of fused-ring (bicyclic) bond motifs is 3. The highest BCUT2D eigenvalue weighted by Crippen LogP contribution is 2.38. The quantitative estimate of drug-likeness (QED) is 0.262. The minimum Gasteiger partial charge on any atom is -1.00 e. The number of rotatable bonds is 8. The fourth-order valence-corrected chi connectivity index (χ4v) is 5.87. The highest BCUT2D eigenvalue weighted by Gasteiger charge is 2.48. The van der Waals surface area contributed by atoms with Crippen molar-refractivity contribution in [2.24, 2.45) is 5.92 Å². The number of benzene rings is 3. The number of nitrogens with one attached hydrogen (secondary N) is 1. The van der Waals surface area contributed by atoms with Crippen molar-refractivity contribution < 1.29 is 30.9 Å². The van der Waals surface area contributed by atoms with Crippen LogP contribution in [-0.2, 0) is 16.1 Å². The fraction of sp³-hybridized carbons (Fsp3) is 0.300. The summed E-state index contributed by atoms with van der Waals surface area (Å²) in [7, 11) is 0. The predicted molar refractivity (Wildman–Crippen MR) is 145 cm³/mol. The molecular formula is C30H30Cl2N4O3. The Hall–Kier alpha value is -3.39. The Balaban J connectivity index is 0.00000308. The molecule has 7 rings (SSSR count). The van der Waals surface area contributed by atoms with E-state index in [9.17, 15) is 4.79 Å². The molecule has 2 bridgehead atoms. The molecule has 3 aliphatic rings. The van der Waals surface area contributed by atoms with E-state index < -0.39 is 6.04 Å². The van der Waals surface area contributed by atoms with Crippen molar-refractivity contribution in [2.45, 2.75) is 31.5 Å². The lowest BCUT2D eigenvalue weighted by Crippen LogP contribution is -3.00. The molecule has 2 atom stereocenters. The van der Waals surface area contributed by atoms with Crippen LogP contribution in [0.2, 0.25) is 5.02 Å². The van der Waals surface area contributed by atoms with Crippen molar-refractivity contribution in [1.29, 1.82) is 0 Å². The number of piperidine rings is 3. The number of aromatic nitrogens is 2. The first kappa shape index (κ1) is 27.2. The fourth-order valence-electron chi connectivity index (χ4n) is 5.75. The average molecular weight is 566 g/mol. The van der Waals surface area contributed by atoms with E-state index in [1.807, 2.05) is 72.8 Å². The molecule has 3 fully saturated rings. The van der Waals surface area contributed by atoms with Crippen LogP contribution in [0.1, 0.15) is 30.3 Å². The molecule has 4 aromatic rings. The third-order valence-corrected chi connectivity index (χ3v) is 8.05. The van der Waals surface area contributed by atoms with Crippen LogP contribution in [0.4, 0.5) is 5.69 Å². The molecule has 0 spiro atoms. The summed E-state index contributed by atoms with van der Waals surface area (Å²) < 4.78 is 12.6. The van der Waals surface area contributed by atoms with Gasteiger partial charge >= 0.3 is 5.97 Å². The van der Waals surface area contributed by atoms with Gasteiger partial charge in [0, 0.05) is 35.0 Å². The lowest BCUT2D eigenvalue weighted by Gasteiger charge is -2.51. The Morgan fingerprint density at radius 3 is 2.36 bits per heavy atom. The van der Waals surface area contributed by atoms with Crippen LogP contribution >= 0.6 is 11.6 Å². The molecule has 202 valence electrons. The Labute approximate surface area is 239 Å². The van der Waals surface area contributed by atoms with E-state index in [1.54, 1.807) is 12.1 Å². The zero-order chi connectivity index (χ0) is 26.0. The van der Waals surface area contributed by atoms with Crippen molar-refractivity contribution in [3.05, 3.63) is 101 Å². The third kappa shape index (κ3) is 6.11. The number of carbonyl (C=O) groups excluding carboxylic acids is 1. The number of anilines is 1. The van der Waals surface area contributed by atoms with Crippen LogP contribution in [0.5, 0.6) is 0 Å².